The second-order valence-corrected chi connectivity index (χ2v) is 5.77. The van der Waals surface area contributed by atoms with Crippen LogP contribution in [0.5, 0.6) is 5.88 Å². The summed E-state index contributed by atoms with van der Waals surface area (Å²) in [6.45, 7) is -1.17. The lowest BCUT2D eigenvalue weighted by Gasteiger charge is -2.11. The molecule has 0 aromatic carbocycles. The van der Waals surface area contributed by atoms with Gasteiger partial charge in [-0.15, -0.1) is 0 Å². The van der Waals surface area contributed by atoms with E-state index < -0.39 is 18.8 Å². The molecule has 0 aliphatic rings. The third kappa shape index (κ3) is 6.16. The van der Waals surface area contributed by atoms with Crippen molar-refractivity contribution in [3.8, 4) is 11.7 Å². The Balaban J connectivity index is 1.51. The molecule has 0 fully saturated rings. The summed E-state index contributed by atoms with van der Waals surface area (Å²) in [7, 11) is 0. The summed E-state index contributed by atoms with van der Waals surface area (Å²) in [4.78, 5) is 23.9. The first-order chi connectivity index (χ1) is 13.9. The van der Waals surface area contributed by atoms with Gasteiger partial charge < -0.3 is 15.4 Å². The van der Waals surface area contributed by atoms with Crippen molar-refractivity contribution in [1.29, 1.82) is 0 Å². The molecule has 0 unspecified atom stereocenters. The van der Waals surface area contributed by atoms with Gasteiger partial charge in [0.2, 0.25) is 5.88 Å². The molecule has 2 N–H and O–H groups in total. The Morgan fingerprint density at radius 1 is 1.14 bits per heavy atom. The second kappa shape index (κ2) is 8.99. The molecule has 29 heavy (non-hydrogen) atoms. The standard InChI is InChI=1S/C17H16F3N7O2/c18-17(19,20)9-29-14-6-12(3-5-22-14)7-24-16(28)25-8-13-2-1-4-23-15(13)27-11-21-10-26-27/h1-6,10-11H,7-9H2,(H2,24,25,28). The van der Waals surface area contributed by atoms with Crippen LogP contribution in [0.15, 0.2) is 49.3 Å². The van der Waals surface area contributed by atoms with E-state index in [0.717, 1.165) is 5.56 Å². The Labute approximate surface area is 163 Å². The quantitative estimate of drug-likeness (QED) is 0.621. The van der Waals surface area contributed by atoms with Crippen molar-refractivity contribution in [3.63, 3.8) is 0 Å². The predicted octanol–water partition coefficient (Wildman–Crippen LogP) is 2.00. The van der Waals surface area contributed by atoms with Crippen LogP contribution in [-0.2, 0) is 13.1 Å². The average Bonchev–Trinajstić information content (AvgIpc) is 3.24. The molecule has 0 aliphatic heterocycles. The molecule has 0 atom stereocenters. The van der Waals surface area contributed by atoms with Gasteiger partial charge >= 0.3 is 12.2 Å². The molecule has 0 spiro atoms. The summed E-state index contributed by atoms with van der Waals surface area (Å²) in [6, 6.07) is 5.94. The van der Waals surface area contributed by atoms with Gasteiger partial charge in [0.15, 0.2) is 12.4 Å². The van der Waals surface area contributed by atoms with Crippen LogP contribution in [0.3, 0.4) is 0 Å². The molecule has 0 saturated carbocycles. The zero-order valence-corrected chi connectivity index (χ0v) is 14.9. The molecule has 2 amide bonds. The van der Waals surface area contributed by atoms with Crippen LogP contribution in [0.25, 0.3) is 5.82 Å². The Kier molecular flexibility index (Phi) is 6.22. The average molecular weight is 407 g/mol. The van der Waals surface area contributed by atoms with Crippen LogP contribution >= 0.6 is 0 Å². The van der Waals surface area contributed by atoms with E-state index in [0.29, 0.717) is 11.4 Å². The Morgan fingerprint density at radius 3 is 2.72 bits per heavy atom. The molecule has 3 aromatic heterocycles. The van der Waals surface area contributed by atoms with Gasteiger partial charge in [0.1, 0.15) is 12.7 Å². The van der Waals surface area contributed by atoms with Crippen LogP contribution in [0, 0.1) is 0 Å². The summed E-state index contributed by atoms with van der Waals surface area (Å²) >= 11 is 0. The van der Waals surface area contributed by atoms with Crippen molar-refractivity contribution in [3.05, 3.63) is 60.4 Å². The molecule has 0 radical (unpaired) electrons. The number of hydrogen-bond donors (Lipinski definition) is 2. The third-order valence-electron chi connectivity index (χ3n) is 3.58. The number of urea groups is 1. The zero-order chi connectivity index (χ0) is 20.7. The van der Waals surface area contributed by atoms with Crippen LogP contribution < -0.4 is 15.4 Å². The molecule has 3 aromatic rings. The maximum atomic E-state index is 12.2. The molecule has 152 valence electrons. The first kappa shape index (κ1) is 20.0. The van der Waals surface area contributed by atoms with E-state index >= 15 is 0 Å². The SMILES string of the molecule is O=C(NCc1ccnc(OCC(F)(F)F)c1)NCc1cccnc1-n1cncn1. The number of aromatic nitrogens is 5. The lowest BCUT2D eigenvalue weighted by molar-refractivity contribution is -0.154. The van der Waals surface area contributed by atoms with Crippen LogP contribution in [0.1, 0.15) is 11.1 Å². The van der Waals surface area contributed by atoms with Crippen molar-refractivity contribution < 1.29 is 22.7 Å². The molecule has 0 bridgehead atoms. The third-order valence-corrected chi connectivity index (χ3v) is 3.58. The van der Waals surface area contributed by atoms with E-state index in [2.05, 4.69) is 35.4 Å². The highest BCUT2D eigenvalue weighted by atomic mass is 19.4. The lowest BCUT2D eigenvalue weighted by Crippen LogP contribution is -2.34. The van der Waals surface area contributed by atoms with Gasteiger partial charge in [-0.05, 0) is 17.7 Å². The molecule has 3 heterocycles. The van der Waals surface area contributed by atoms with Gasteiger partial charge in [-0.1, -0.05) is 6.07 Å². The number of ether oxygens (including phenoxy) is 1. The molecule has 0 saturated heterocycles. The maximum absolute atomic E-state index is 12.2. The van der Waals surface area contributed by atoms with Crippen LogP contribution in [0.2, 0.25) is 0 Å². The predicted molar refractivity (Wildman–Crippen MR) is 94.0 cm³/mol. The number of pyridine rings is 2. The van der Waals surface area contributed by atoms with Crippen molar-refractivity contribution in [2.24, 2.45) is 0 Å². The number of carbonyl (C=O) groups is 1. The lowest BCUT2D eigenvalue weighted by atomic mass is 10.2. The Bertz CT molecular complexity index is 948. The number of alkyl halides is 3. The van der Waals surface area contributed by atoms with Crippen molar-refractivity contribution in [2.45, 2.75) is 19.3 Å². The fourth-order valence-corrected chi connectivity index (χ4v) is 2.31. The first-order valence-corrected chi connectivity index (χ1v) is 8.36. The summed E-state index contributed by atoms with van der Waals surface area (Å²) in [5.74, 6) is 0.362. The van der Waals surface area contributed by atoms with Gasteiger partial charge in [-0.3, -0.25) is 0 Å². The molecule has 9 nitrogen and oxygen atoms in total. The first-order valence-electron chi connectivity index (χ1n) is 8.36. The highest BCUT2D eigenvalue weighted by molar-refractivity contribution is 5.73. The van der Waals surface area contributed by atoms with E-state index in [1.807, 2.05) is 0 Å². The zero-order valence-electron chi connectivity index (χ0n) is 14.9. The molecular weight excluding hydrogens is 391 g/mol. The largest absolute Gasteiger partial charge is 0.468 e. The summed E-state index contributed by atoms with van der Waals surface area (Å²) in [5.41, 5.74) is 1.26. The van der Waals surface area contributed by atoms with E-state index in [9.17, 15) is 18.0 Å². The summed E-state index contributed by atoms with van der Waals surface area (Å²) in [6.07, 6.45) is 1.32. The molecule has 0 aliphatic carbocycles. The van der Waals surface area contributed by atoms with Gasteiger partial charge in [-0.25, -0.2) is 24.4 Å². The smallest absolute Gasteiger partial charge is 0.422 e. The number of rotatable bonds is 7. The van der Waals surface area contributed by atoms with E-state index in [1.165, 1.54) is 29.6 Å². The van der Waals surface area contributed by atoms with Gasteiger partial charge in [0.05, 0.1) is 0 Å². The minimum atomic E-state index is -4.45. The number of carbonyl (C=O) groups excluding carboxylic acids is 1. The normalized spacial score (nSPS) is 11.1. The fourth-order valence-electron chi connectivity index (χ4n) is 2.31. The van der Waals surface area contributed by atoms with Gasteiger partial charge in [0, 0.05) is 37.1 Å². The minimum absolute atomic E-state index is 0.0830. The van der Waals surface area contributed by atoms with E-state index in [1.54, 1.807) is 24.4 Å². The van der Waals surface area contributed by atoms with E-state index in [4.69, 9.17) is 0 Å². The monoisotopic (exact) mass is 407 g/mol. The summed E-state index contributed by atoms with van der Waals surface area (Å²) < 4.78 is 42.7. The summed E-state index contributed by atoms with van der Waals surface area (Å²) in [5, 5.41) is 9.31. The van der Waals surface area contributed by atoms with E-state index in [-0.39, 0.29) is 19.0 Å². The number of hydrogen-bond acceptors (Lipinski definition) is 6. The molecule has 3 rings (SSSR count). The fraction of sp³-hybridized carbons (Fsp3) is 0.235. The van der Waals surface area contributed by atoms with Crippen molar-refractivity contribution in [2.75, 3.05) is 6.61 Å². The second-order valence-electron chi connectivity index (χ2n) is 5.77. The number of amides is 2. The topological polar surface area (TPSA) is 107 Å². The van der Waals surface area contributed by atoms with Gasteiger partial charge in [0.25, 0.3) is 0 Å². The molecule has 12 heteroatoms. The van der Waals surface area contributed by atoms with Crippen molar-refractivity contribution in [1.82, 2.24) is 35.4 Å². The Morgan fingerprint density at radius 2 is 1.97 bits per heavy atom. The van der Waals surface area contributed by atoms with Gasteiger partial charge in [-0.2, -0.15) is 18.3 Å². The number of nitrogens with zero attached hydrogens (tertiary/aromatic N) is 5. The van der Waals surface area contributed by atoms with Crippen LogP contribution in [-0.4, -0.2) is 43.5 Å². The highest BCUT2D eigenvalue weighted by Gasteiger charge is 2.28. The van der Waals surface area contributed by atoms with Crippen molar-refractivity contribution >= 4 is 6.03 Å². The highest BCUT2D eigenvalue weighted by Crippen LogP contribution is 2.17. The number of halogens is 3. The number of nitrogens with one attached hydrogen (secondary N) is 2. The van der Waals surface area contributed by atoms with Crippen LogP contribution in [0.4, 0.5) is 18.0 Å². The maximum Gasteiger partial charge on any atom is 0.422 e. The molecular formula is C17H16F3N7O2. The minimum Gasteiger partial charge on any atom is -0.468 e. The Hall–Kier alpha value is -3.70.